The van der Waals surface area contributed by atoms with Gasteiger partial charge in [-0.1, -0.05) is 18.6 Å². The number of carbonyl (C=O) groups excluding carboxylic acids is 2. The molecule has 0 atom stereocenters. The van der Waals surface area contributed by atoms with Crippen LogP contribution in [-0.2, 0) is 29.6 Å². The average Bonchev–Trinajstić information content (AvgIpc) is 3.24. The zero-order valence-electron chi connectivity index (χ0n) is 20.1. The number of aryl methyl sites for hydroxylation is 1. The number of benzene rings is 1. The van der Waals surface area contributed by atoms with Crippen LogP contribution in [0, 0.1) is 11.8 Å². The lowest BCUT2D eigenvalue weighted by Gasteiger charge is -2.26. The van der Waals surface area contributed by atoms with Crippen LogP contribution in [0.3, 0.4) is 0 Å². The molecule has 34 heavy (non-hydrogen) atoms. The number of aldehydes is 1. The number of rotatable bonds is 7. The monoisotopic (exact) mass is 458 g/mol. The molecule has 1 saturated carbocycles. The second-order valence-electron chi connectivity index (χ2n) is 10.1. The molecule has 2 aliphatic rings. The number of piperidine rings is 1. The van der Waals surface area contributed by atoms with E-state index in [9.17, 15) is 9.59 Å². The first-order valence-electron chi connectivity index (χ1n) is 12.7. The molecule has 2 aromatic heterocycles. The fourth-order valence-corrected chi connectivity index (χ4v) is 5.57. The number of nitrogens with zero attached hydrogens (tertiary/aromatic N) is 4. The molecule has 0 bridgehead atoms. The second kappa shape index (κ2) is 10.2. The summed E-state index contributed by atoms with van der Waals surface area (Å²) in [5.41, 5.74) is 4.41. The van der Waals surface area contributed by atoms with Crippen molar-refractivity contribution < 1.29 is 9.59 Å². The maximum Gasteiger partial charge on any atom is 0.141 e. The van der Waals surface area contributed by atoms with E-state index < -0.39 is 0 Å². The molecule has 3 heterocycles. The van der Waals surface area contributed by atoms with E-state index in [1.807, 2.05) is 24.1 Å². The van der Waals surface area contributed by atoms with Gasteiger partial charge in [-0.25, -0.2) is 0 Å². The lowest BCUT2D eigenvalue weighted by molar-refractivity contribution is -0.124. The molecule has 0 spiro atoms. The summed E-state index contributed by atoms with van der Waals surface area (Å²) in [4.78, 5) is 31.0. The van der Waals surface area contributed by atoms with E-state index in [0.717, 1.165) is 73.6 Å². The van der Waals surface area contributed by atoms with Gasteiger partial charge in [0.2, 0.25) is 0 Å². The van der Waals surface area contributed by atoms with Crippen molar-refractivity contribution >= 4 is 22.8 Å². The number of ketones is 1. The van der Waals surface area contributed by atoms with Gasteiger partial charge in [-0.05, 0) is 74.7 Å². The van der Waals surface area contributed by atoms with Crippen LogP contribution in [0.2, 0.25) is 0 Å². The van der Waals surface area contributed by atoms with Gasteiger partial charge in [0.05, 0.1) is 11.9 Å². The van der Waals surface area contributed by atoms with Gasteiger partial charge in [0.15, 0.2) is 0 Å². The number of fused-ring (bicyclic) bond motifs is 1. The molecule has 1 saturated heterocycles. The van der Waals surface area contributed by atoms with Crippen molar-refractivity contribution in [1.82, 2.24) is 19.7 Å². The lowest BCUT2D eigenvalue weighted by Crippen LogP contribution is -2.30. The van der Waals surface area contributed by atoms with E-state index in [-0.39, 0.29) is 17.6 Å². The summed E-state index contributed by atoms with van der Waals surface area (Å²) in [6, 6.07) is 8.53. The molecule has 1 aliphatic carbocycles. The lowest BCUT2D eigenvalue weighted by atomic mass is 9.80. The Kier molecular flexibility index (Phi) is 6.86. The average molecular weight is 459 g/mol. The first-order chi connectivity index (χ1) is 16.6. The highest BCUT2D eigenvalue weighted by Gasteiger charge is 2.26. The first kappa shape index (κ1) is 22.9. The standard InChI is InChI=1S/C28H34N4O2/c1-31-27(18-32-11-3-2-4-12-32)26(17-30-31)22-9-10-23-16-29-25(14-24(23)13-22)15-28(34)21-7-5-20(19-33)6-8-21/h9-10,13-14,16-17,19-21H,2-8,11-12,15,18H2,1H3. The van der Waals surface area contributed by atoms with Gasteiger partial charge in [-0.2, -0.15) is 5.10 Å². The molecule has 0 amide bonds. The van der Waals surface area contributed by atoms with Crippen LogP contribution in [-0.4, -0.2) is 44.8 Å². The number of hydrogen-bond acceptors (Lipinski definition) is 5. The smallest absolute Gasteiger partial charge is 0.141 e. The molecule has 3 aromatic rings. The SMILES string of the molecule is Cn1ncc(-c2ccc3cnc(CC(=O)C4CCC(C=O)CC4)cc3c2)c1CN1CCCCC1. The van der Waals surface area contributed by atoms with Gasteiger partial charge < -0.3 is 4.79 Å². The van der Waals surface area contributed by atoms with Gasteiger partial charge in [0, 0.05) is 54.7 Å². The third-order valence-corrected chi connectivity index (χ3v) is 7.75. The highest BCUT2D eigenvalue weighted by atomic mass is 16.1. The van der Waals surface area contributed by atoms with Crippen LogP contribution in [0.25, 0.3) is 21.9 Å². The Labute approximate surface area is 201 Å². The Bertz CT molecular complexity index is 1170. The topological polar surface area (TPSA) is 68.1 Å². The molecule has 1 aromatic carbocycles. The Balaban J connectivity index is 1.35. The van der Waals surface area contributed by atoms with E-state index in [2.05, 4.69) is 39.2 Å². The number of Topliss-reactive ketones (excluding diaryl/α,β-unsaturated/α-hetero) is 1. The minimum atomic E-state index is 0.0627. The molecule has 6 heteroatoms. The molecule has 0 unspecified atom stereocenters. The molecule has 2 fully saturated rings. The van der Waals surface area contributed by atoms with Crippen molar-refractivity contribution in [3.05, 3.63) is 48.0 Å². The van der Waals surface area contributed by atoms with Crippen molar-refractivity contribution in [1.29, 1.82) is 0 Å². The fourth-order valence-electron chi connectivity index (χ4n) is 5.57. The van der Waals surface area contributed by atoms with Gasteiger partial charge in [0.25, 0.3) is 0 Å². The highest BCUT2D eigenvalue weighted by Crippen LogP contribution is 2.31. The second-order valence-corrected chi connectivity index (χ2v) is 10.1. The van der Waals surface area contributed by atoms with Crippen LogP contribution in [0.4, 0.5) is 0 Å². The highest BCUT2D eigenvalue weighted by molar-refractivity contribution is 5.89. The third-order valence-electron chi connectivity index (χ3n) is 7.75. The van der Waals surface area contributed by atoms with Crippen LogP contribution in [0.1, 0.15) is 56.3 Å². The summed E-state index contributed by atoms with van der Waals surface area (Å²) in [7, 11) is 2.03. The Morgan fingerprint density at radius 3 is 2.59 bits per heavy atom. The minimum absolute atomic E-state index is 0.0627. The molecular formula is C28H34N4O2. The molecule has 0 radical (unpaired) electrons. The van der Waals surface area contributed by atoms with Gasteiger partial charge in [-0.15, -0.1) is 0 Å². The van der Waals surface area contributed by atoms with E-state index in [1.54, 1.807) is 0 Å². The zero-order chi connectivity index (χ0) is 23.5. The number of aromatic nitrogens is 3. The summed E-state index contributed by atoms with van der Waals surface area (Å²) in [6.07, 6.45) is 12.4. The van der Waals surface area contributed by atoms with E-state index >= 15 is 0 Å². The normalized spacial score (nSPS) is 21.6. The van der Waals surface area contributed by atoms with Crippen LogP contribution >= 0.6 is 0 Å². The Morgan fingerprint density at radius 2 is 1.82 bits per heavy atom. The predicted octanol–water partition coefficient (Wildman–Crippen LogP) is 4.74. The zero-order valence-corrected chi connectivity index (χ0v) is 20.1. The van der Waals surface area contributed by atoms with Crippen molar-refractivity contribution in [2.24, 2.45) is 18.9 Å². The van der Waals surface area contributed by atoms with Crippen molar-refractivity contribution in [3.8, 4) is 11.1 Å². The van der Waals surface area contributed by atoms with Crippen molar-refractivity contribution in [2.75, 3.05) is 13.1 Å². The van der Waals surface area contributed by atoms with E-state index in [0.29, 0.717) is 6.42 Å². The summed E-state index contributed by atoms with van der Waals surface area (Å²) in [5, 5.41) is 6.75. The molecule has 178 valence electrons. The summed E-state index contributed by atoms with van der Waals surface area (Å²) in [6.45, 7) is 3.23. The van der Waals surface area contributed by atoms with Crippen molar-refractivity contribution in [3.63, 3.8) is 0 Å². The molecule has 1 aliphatic heterocycles. The molecule has 5 rings (SSSR count). The number of pyridine rings is 1. The predicted molar refractivity (Wildman–Crippen MR) is 133 cm³/mol. The number of likely N-dealkylation sites (tertiary alicyclic amines) is 1. The maximum atomic E-state index is 12.9. The van der Waals surface area contributed by atoms with Gasteiger partial charge >= 0.3 is 0 Å². The number of carbonyl (C=O) groups is 2. The fraction of sp³-hybridized carbons (Fsp3) is 0.500. The maximum absolute atomic E-state index is 12.9. The van der Waals surface area contributed by atoms with Crippen LogP contribution in [0.15, 0.2) is 36.7 Å². The summed E-state index contributed by atoms with van der Waals surface area (Å²) >= 11 is 0. The van der Waals surface area contributed by atoms with Crippen molar-refractivity contribution in [2.45, 2.75) is 57.9 Å². The van der Waals surface area contributed by atoms with E-state index in [1.165, 1.54) is 30.5 Å². The summed E-state index contributed by atoms with van der Waals surface area (Å²) < 4.78 is 2.00. The third kappa shape index (κ3) is 4.97. The van der Waals surface area contributed by atoms with Gasteiger partial charge in [-0.3, -0.25) is 19.4 Å². The molecule has 6 nitrogen and oxygen atoms in total. The quantitative estimate of drug-likeness (QED) is 0.479. The van der Waals surface area contributed by atoms with E-state index in [4.69, 9.17) is 0 Å². The Morgan fingerprint density at radius 1 is 1.03 bits per heavy atom. The first-order valence-corrected chi connectivity index (χ1v) is 12.7. The van der Waals surface area contributed by atoms with Crippen LogP contribution in [0.5, 0.6) is 0 Å². The minimum Gasteiger partial charge on any atom is -0.303 e. The molecule has 0 N–H and O–H groups in total. The largest absolute Gasteiger partial charge is 0.303 e. The summed E-state index contributed by atoms with van der Waals surface area (Å²) in [5.74, 6) is 0.449. The molecular weight excluding hydrogens is 424 g/mol. The Hall–Kier alpha value is -2.86. The van der Waals surface area contributed by atoms with Gasteiger partial charge in [0.1, 0.15) is 12.1 Å². The van der Waals surface area contributed by atoms with Crippen LogP contribution < -0.4 is 0 Å². The number of hydrogen-bond donors (Lipinski definition) is 0.